The molecule has 0 fully saturated rings. The van der Waals surface area contributed by atoms with E-state index in [4.69, 9.17) is 4.74 Å². The van der Waals surface area contributed by atoms with Crippen LogP contribution in [0.3, 0.4) is 0 Å². The van der Waals surface area contributed by atoms with E-state index in [9.17, 15) is 19.8 Å². The predicted molar refractivity (Wildman–Crippen MR) is 264 cm³/mol. The van der Waals surface area contributed by atoms with Crippen LogP contribution in [-0.4, -0.2) is 47.4 Å². The summed E-state index contributed by atoms with van der Waals surface area (Å²) in [7, 11) is 0. The zero-order chi connectivity index (χ0) is 44.4. The van der Waals surface area contributed by atoms with Crippen molar-refractivity contribution in [3.63, 3.8) is 0 Å². The minimum Gasteiger partial charge on any atom is -0.466 e. The molecule has 0 aliphatic rings. The Morgan fingerprint density at radius 3 is 1.16 bits per heavy atom. The maximum atomic E-state index is 12.4. The van der Waals surface area contributed by atoms with E-state index in [1.807, 2.05) is 6.08 Å². The van der Waals surface area contributed by atoms with Crippen molar-refractivity contribution in [2.45, 2.75) is 302 Å². The average Bonchev–Trinajstić information content (AvgIpc) is 3.26. The SMILES string of the molecule is CCCCCCCC/C=C\CCCCCCCC(=O)OCCCCCCCCCCCCCCCCCC(=O)NC(CO)C(O)/C=C/CCCCCCCCCCCCCC. The first-order valence-corrected chi connectivity index (χ1v) is 27.1. The molecule has 61 heavy (non-hydrogen) atoms. The van der Waals surface area contributed by atoms with Gasteiger partial charge in [-0.15, -0.1) is 0 Å². The number of aliphatic hydroxyl groups is 2. The smallest absolute Gasteiger partial charge is 0.305 e. The van der Waals surface area contributed by atoms with Crippen molar-refractivity contribution in [3.8, 4) is 0 Å². The molecule has 0 aliphatic heterocycles. The molecule has 0 spiro atoms. The van der Waals surface area contributed by atoms with Gasteiger partial charge in [0, 0.05) is 12.8 Å². The van der Waals surface area contributed by atoms with E-state index >= 15 is 0 Å². The van der Waals surface area contributed by atoms with Crippen molar-refractivity contribution in [1.82, 2.24) is 5.32 Å². The van der Waals surface area contributed by atoms with Gasteiger partial charge in [-0.2, -0.15) is 0 Å². The molecule has 0 radical (unpaired) electrons. The summed E-state index contributed by atoms with van der Waals surface area (Å²) < 4.78 is 5.47. The highest BCUT2D eigenvalue weighted by molar-refractivity contribution is 5.76. The van der Waals surface area contributed by atoms with Gasteiger partial charge < -0.3 is 20.3 Å². The van der Waals surface area contributed by atoms with E-state index in [-0.39, 0.29) is 18.5 Å². The largest absolute Gasteiger partial charge is 0.466 e. The Balaban J connectivity index is 3.46. The maximum Gasteiger partial charge on any atom is 0.305 e. The van der Waals surface area contributed by atoms with E-state index in [0.717, 1.165) is 57.8 Å². The van der Waals surface area contributed by atoms with Gasteiger partial charge in [0.1, 0.15) is 0 Å². The number of esters is 1. The van der Waals surface area contributed by atoms with Crippen molar-refractivity contribution in [3.05, 3.63) is 24.3 Å². The van der Waals surface area contributed by atoms with Gasteiger partial charge in [-0.25, -0.2) is 0 Å². The second-order valence-corrected chi connectivity index (χ2v) is 18.6. The van der Waals surface area contributed by atoms with Gasteiger partial charge in [0.05, 0.1) is 25.4 Å². The molecule has 1 amide bonds. The first kappa shape index (κ1) is 59.3. The molecular formula is C55H105NO5. The van der Waals surface area contributed by atoms with Gasteiger partial charge in [-0.05, 0) is 57.8 Å². The molecule has 0 aromatic heterocycles. The molecule has 2 unspecified atom stereocenters. The summed E-state index contributed by atoms with van der Waals surface area (Å²) in [5.74, 6) is -0.0848. The second kappa shape index (κ2) is 51.0. The summed E-state index contributed by atoms with van der Waals surface area (Å²) in [5, 5.41) is 23.1. The Labute approximate surface area is 380 Å². The number of unbranched alkanes of at least 4 members (excludes halogenated alkanes) is 37. The number of hydrogen-bond acceptors (Lipinski definition) is 5. The van der Waals surface area contributed by atoms with Gasteiger partial charge in [0.25, 0.3) is 0 Å². The molecule has 6 heteroatoms. The molecule has 0 aromatic rings. The highest BCUT2D eigenvalue weighted by Gasteiger charge is 2.18. The van der Waals surface area contributed by atoms with Crippen molar-refractivity contribution < 1.29 is 24.5 Å². The fourth-order valence-electron chi connectivity index (χ4n) is 8.27. The molecule has 0 heterocycles. The maximum absolute atomic E-state index is 12.4. The van der Waals surface area contributed by atoms with Crippen LogP contribution in [0.4, 0.5) is 0 Å². The number of nitrogens with one attached hydrogen (secondary N) is 1. The minimum atomic E-state index is -0.849. The molecule has 0 saturated heterocycles. The number of ether oxygens (including phenoxy) is 1. The van der Waals surface area contributed by atoms with Crippen molar-refractivity contribution in [1.29, 1.82) is 0 Å². The van der Waals surface area contributed by atoms with Crippen molar-refractivity contribution >= 4 is 11.9 Å². The molecule has 360 valence electrons. The number of amides is 1. The zero-order valence-corrected chi connectivity index (χ0v) is 40.9. The number of carbonyl (C=O) groups is 2. The molecule has 6 nitrogen and oxygen atoms in total. The van der Waals surface area contributed by atoms with Crippen LogP contribution in [0.25, 0.3) is 0 Å². The van der Waals surface area contributed by atoms with Crippen LogP contribution in [0.15, 0.2) is 24.3 Å². The molecular weight excluding hydrogens is 755 g/mol. The highest BCUT2D eigenvalue weighted by atomic mass is 16.5. The highest BCUT2D eigenvalue weighted by Crippen LogP contribution is 2.16. The number of allylic oxidation sites excluding steroid dienone is 3. The van der Waals surface area contributed by atoms with Gasteiger partial charge in [0.2, 0.25) is 5.91 Å². The van der Waals surface area contributed by atoms with E-state index in [1.54, 1.807) is 6.08 Å². The molecule has 0 aliphatic carbocycles. The van der Waals surface area contributed by atoms with E-state index in [2.05, 4.69) is 31.3 Å². The quantitative estimate of drug-likeness (QED) is 0.0322. The van der Waals surface area contributed by atoms with Crippen LogP contribution in [0.2, 0.25) is 0 Å². The minimum absolute atomic E-state index is 0.00848. The number of aliphatic hydroxyl groups excluding tert-OH is 2. The number of rotatable bonds is 50. The zero-order valence-electron chi connectivity index (χ0n) is 40.9. The van der Waals surface area contributed by atoms with Crippen LogP contribution >= 0.6 is 0 Å². The third-order valence-electron chi connectivity index (χ3n) is 12.5. The van der Waals surface area contributed by atoms with E-state index in [0.29, 0.717) is 19.4 Å². The first-order valence-electron chi connectivity index (χ1n) is 27.1. The lowest BCUT2D eigenvalue weighted by atomic mass is 10.0. The molecule has 0 aromatic carbocycles. The summed E-state index contributed by atoms with van der Waals surface area (Å²) in [5.41, 5.74) is 0. The Kier molecular flexibility index (Phi) is 49.6. The summed E-state index contributed by atoms with van der Waals surface area (Å²) in [6, 6.07) is -0.633. The number of hydrogen-bond donors (Lipinski definition) is 3. The standard InChI is InChI=1S/C55H105NO5/c1-3-5-7-9-11-13-15-17-20-25-29-33-37-41-45-49-55(60)61-50-46-42-38-34-30-26-22-19-21-24-28-32-36-40-44-48-54(59)56-52(51-57)53(58)47-43-39-35-31-27-23-18-16-14-12-10-8-6-4-2/h17,20,43,47,52-53,57-58H,3-16,18-19,21-42,44-46,48-51H2,1-2H3,(H,56,59)/b20-17-,47-43+. The third kappa shape index (κ3) is 47.7. The van der Waals surface area contributed by atoms with Crippen LogP contribution in [-0.2, 0) is 14.3 Å². The molecule has 0 bridgehead atoms. The lowest BCUT2D eigenvalue weighted by Gasteiger charge is -2.20. The summed E-state index contributed by atoms with van der Waals surface area (Å²) >= 11 is 0. The second-order valence-electron chi connectivity index (χ2n) is 18.6. The van der Waals surface area contributed by atoms with E-state index < -0.39 is 12.1 Å². The first-order chi connectivity index (χ1) is 30.0. The van der Waals surface area contributed by atoms with Gasteiger partial charge in [-0.3, -0.25) is 9.59 Å². The monoisotopic (exact) mass is 860 g/mol. The molecule has 0 saturated carbocycles. The fraction of sp³-hybridized carbons (Fsp3) is 0.891. The Hall–Kier alpha value is -1.66. The molecule has 2 atom stereocenters. The average molecular weight is 860 g/mol. The van der Waals surface area contributed by atoms with Crippen LogP contribution in [0.1, 0.15) is 290 Å². The van der Waals surface area contributed by atoms with E-state index in [1.165, 1.54) is 205 Å². The Morgan fingerprint density at radius 2 is 0.770 bits per heavy atom. The Morgan fingerprint density at radius 1 is 0.443 bits per heavy atom. The summed E-state index contributed by atoms with van der Waals surface area (Å²) in [4.78, 5) is 24.5. The number of carbonyl (C=O) groups excluding carboxylic acids is 2. The fourth-order valence-corrected chi connectivity index (χ4v) is 8.27. The summed E-state index contributed by atoms with van der Waals surface area (Å²) in [6.07, 6.45) is 60.4. The topological polar surface area (TPSA) is 95.9 Å². The van der Waals surface area contributed by atoms with Crippen LogP contribution in [0, 0.1) is 0 Å². The van der Waals surface area contributed by atoms with Crippen molar-refractivity contribution in [2.75, 3.05) is 13.2 Å². The van der Waals surface area contributed by atoms with Crippen LogP contribution < -0.4 is 5.32 Å². The van der Waals surface area contributed by atoms with Crippen molar-refractivity contribution in [2.24, 2.45) is 0 Å². The van der Waals surface area contributed by atoms with Crippen LogP contribution in [0.5, 0.6) is 0 Å². The van der Waals surface area contributed by atoms with Gasteiger partial charge >= 0.3 is 5.97 Å². The Bertz CT molecular complexity index is 951. The lowest BCUT2D eigenvalue weighted by Crippen LogP contribution is -2.45. The third-order valence-corrected chi connectivity index (χ3v) is 12.5. The van der Waals surface area contributed by atoms with Gasteiger partial charge in [0.15, 0.2) is 0 Å². The lowest BCUT2D eigenvalue weighted by molar-refractivity contribution is -0.143. The van der Waals surface area contributed by atoms with Gasteiger partial charge in [-0.1, -0.05) is 244 Å². The molecule has 0 rings (SSSR count). The summed E-state index contributed by atoms with van der Waals surface area (Å²) in [6.45, 7) is 4.88. The predicted octanol–water partition coefficient (Wildman–Crippen LogP) is 16.3. The molecule has 3 N–H and O–H groups in total. The normalized spacial score (nSPS) is 12.8.